The monoisotopic (exact) mass is 346 g/mol. The van der Waals surface area contributed by atoms with Gasteiger partial charge in [0.05, 0.1) is 14.9 Å². The molecule has 0 aromatic heterocycles. The number of fused-ring (bicyclic) bond motifs is 1. The Balaban J connectivity index is 2.08. The van der Waals surface area contributed by atoms with Gasteiger partial charge in [0.1, 0.15) is 5.82 Å². The number of hydrogen-bond acceptors (Lipinski definition) is 2. The van der Waals surface area contributed by atoms with Crippen LogP contribution in [0.2, 0.25) is 0 Å². The van der Waals surface area contributed by atoms with Gasteiger partial charge in [-0.3, -0.25) is 4.79 Å². The average Bonchev–Trinajstić information content (AvgIpc) is 3.08. The molecule has 1 heterocycles. The van der Waals surface area contributed by atoms with Crippen LogP contribution in [0.3, 0.4) is 0 Å². The van der Waals surface area contributed by atoms with Crippen LogP contribution in [0.25, 0.3) is 0 Å². The summed E-state index contributed by atoms with van der Waals surface area (Å²) in [6, 6.07) is 3.74. The molecule has 0 radical (unpaired) electrons. The van der Waals surface area contributed by atoms with Crippen LogP contribution in [0.15, 0.2) is 12.1 Å². The van der Waals surface area contributed by atoms with Crippen LogP contribution >= 0.6 is 22.6 Å². The lowest BCUT2D eigenvalue weighted by Gasteiger charge is -2.24. The second kappa shape index (κ2) is 4.12. The number of anilines is 2. The standard InChI is InChI=1S/C12H12FIN2O/c13-8-5-11-10(6-9(8)14)15-12(17)3-4-16(11)7-1-2-7/h5-7H,1-4H2,(H,15,17). The first-order chi connectivity index (χ1) is 8.15. The number of carbonyl (C=O) groups excluding carboxylic acids is 1. The van der Waals surface area contributed by atoms with Crippen LogP contribution in [0.4, 0.5) is 15.8 Å². The summed E-state index contributed by atoms with van der Waals surface area (Å²) in [7, 11) is 0. The molecule has 17 heavy (non-hydrogen) atoms. The van der Waals surface area contributed by atoms with Crippen molar-refractivity contribution in [1.82, 2.24) is 0 Å². The quantitative estimate of drug-likeness (QED) is 0.794. The van der Waals surface area contributed by atoms with Gasteiger partial charge in [-0.05, 0) is 41.5 Å². The SMILES string of the molecule is O=C1CCN(C2CC2)c2cc(F)c(I)cc2N1. The lowest BCUT2D eigenvalue weighted by molar-refractivity contribution is -0.115. The zero-order valence-corrected chi connectivity index (χ0v) is 11.3. The van der Waals surface area contributed by atoms with E-state index in [1.54, 1.807) is 12.1 Å². The van der Waals surface area contributed by atoms with Gasteiger partial charge in [0.2, 0.25) is 5.91 Å². The number of halogens is 2. The molecule has 3 nitrogen and oxygen atoms in total. The molecule has 2 aliphatic rings. The van der Waals surface area contributed by atoms with Gasteiger partial charge in [-0.15, -0.1) is 0 Å². The highest BCUT2D eigenvalue weighted by Crippen LogP contribution is 2.38. The van der Waals surface area contributed by atoms with E-state index in [1.807, 2.05) is 22.6 Å². The van der Waals surface area contributed by atoms with Crippen LogP contribution in [0.1, 0.15) is 19.3 Å². The number of nitrogens with zero attached hydrogens (tertiary/aromatic N) is 1. The predicted octanol–water partition coefficient (Wildman–Crippen LogP) is 2.74. The molecule has 1 amide bonds. The van der Waals surface area contributed by atoms with E-state index in [2.05, 4.69) is 10.2 Å². The van der Waals surface area contributed by atoms with Gasteiger partial charge >= 0.3 is 0 Å². The van der Waals surface area contributed by atoms with Crippen LogP contribution < -0.4 is 10.2 Å². The topological polar surface area (TPSA) is 32.3 Å². The maximum atomic E-state index is 13.6. The third-order valence-electron chi connectivity index (χ3n) is 3.19. The largest absolute Gasteiger partial charge is 0.366 e. The number of benzene rings is 1. The third-order valence-corrected chi connectivity index (χ3v) is 4.02. The Labute approximate surface area is 113 Å². The van der Waals surface area contributed by atoms with E-state index in [0.29, 0.717) is 22.6 Å². The average molecular weight is 346 g/mol. The summed E-state index contributed by atoms with van der Waals surface area (Å²) in [6.07, 6.45) is 2.76. The minimum absolute atomic E-state index is 0.0109. The molecule has 90 valence electrons. The Morgan fingerprint density at radius 3 is 2.88 bits per heavy atom. The molecule has 1 aliphatic carbocycles. The molecule has 3 rings (SSSR count). The Morgan fingerprint density at radius 2 is 2.18 bits per heavy atom. The third kappa shape index (κ3) is 2.12. The number of rotatable bonds is 1. The molecule has 1 aliphatic heterocycles. The molecule has 0 bridgehead atoms. The summed E-state index contributed by atoms with van der Waals surface area (Å²) in [6.45, 7) is 0.684. The molecule has 1 saturated carbocycles. The van der Waals surface area contributed by atoms with E-state index in [0.717, 1.165) is 24.2 Å². The van der Waals surface area contributed by atoms with Crippen molar-refractivity contribution >= 4 is 39.9 Å². The second-order valence-electron chi connectivity index (χ2n) is 4.51. The molecule has 1 aromatic carbocycles. The lowest BCUT2D eigenvalue weighted by atomic mass is 10.2. The maximum absolute atomic E-state index is 13.6. The fraction of sp³-hybridized carbons (Fsp3) is 0.417. The van der Waals surface area contributed by atoms with Crippen molar-refractivity contribution in [2.75, 3.05) is 16.8 Å². The zero-order valence-electron chi connectivity index (χ0n) is 9.17. The van der Waals surface area contributed by atoms with Gasteiger partial charge in [0.25, 0.3) is 0 Å². The van der Waals surface area contributed by atoms with Gasteiger partial charge in [0, 0.05) is 25.1 Å². The minimum Gasteiger partial charge on any atom is -0.366 e. The van der Waals surface area contributed by atoms with Crippen molar-refractivity contribution in [3.63, 3.8) is 0 Å². The minimum atomic E-state index is -0.217. The second-order valence-corrected chi connectivity index (χ2v) is 5.67. The molecule has 0 unspecified atom stereocenters. The van der Waals surface area contributed by atoms with Crippen molar-refractivity contribution in [2.24, 2.45) is 0 Å². The van der Waals surface area contributed by atoms with Crippen molar-refractivity contribution in [1.29, 1.82) is 0 Å². The zero-order chi connectivity index (χ0) is 12.0. The first-order valence-electron chi connectivity index (χ1n) is 5.70. The van der Waals surface area contributed by atoms with E-state index in [4.69, 9.17) is 0 Å². The van der Waals surface area contributed by atoms with Crippen LogP contribution in [-0.4, -0.2) is 18.5 Å². The van der Waals surface area contributed by atoms with Crippen molar-refractivity contribution < 1.29 is 9.18 Å². The van der Waals surface area contributed by atoms with Crippen LogP contribution in [0.5, 0.6) is 0 Å². The van der Waals surface area contributed by atoms with Gasteiger partial charge < -0.3 is 10.2 Å². The summed E-state index contributed by atoms with van der Waals surface area (Å²) in [5.41, 5.74) is 1.57. The Hall–Kier alpha value is -0.850. The smallest absolute Gasteiger partial charge is 0.226 e. The van der Waals surface area contributed by atoms with Gasteiger partial charge in [-0.25, -0.2) is 4.39 Å². The molecular formula is C12H12FIN2O. The summed E-state index contributed by atoms with van der Waals surface area (Å²) in [5, 5.41) is 2.85. The first-order valence-corrected chi connectivity index (χ1v) is 6.78. The molecule has 0 atom stereocenters. The van der Waals surface area contributed by atoms with E-state index < -0.39 is 0 Å². The van der Waals surface area contributed by atoms with Crippen LogP contribution in [0, 0.1) is 9.39 Å². The Bertz CT molecular complexity index is 488. The van der Waals surface area contributed by atoms with Crippen molar-refractivity contribution in [3.8, 4) is 0 Å². The van der Waals surface area contributed by atoms with Crippen molar-refractivity contribution in [2.45, 2.75) is 25.3 Å². The van der Waals surface area contributed by atoms with E-state index in [9.17, 15) is 9.18 Å². The first kappa shape index (κ1) is 11.3. The van der Waals surface area contributed by atoms with Gasteiger partial charge in [-0.1, -0.05) is 0 Å². The van der Waals surface area contributed by atoms with Crippen molar-refractivity contribution in [3.05, 3.63) is 21.5 Å². The van der Waals surface area contributed by atoms with E-state index in [1.165, 1.54) is 0 Å². The molecule has 0 saturated heterocycles. The summed E-state index contributed by atoms with van der Waals surface area (Å²) >= 11 is 1.95. The highest BCUT2D eigenvalue weighted by atomic mass is 127. The summed E-state index contributed by atoms with van der Waals surface area (Å²) < 4.78 is 14.2. The van der Waals surface area contributed by atoms with Gasteiger partial charge in [-0.2, -0.15) is 0 Å². The molecule has 0 spiro atoms. The molecule has 1 N–H and O–H groups in total. The molecular weight excluding hydrogens is 334 g/mol. The predicted molar refractivity (Wildman–Crippen MR) is 72.7 cm³/mol. The fourth-order valence-electron chi connectivity index (χ4n) is 2.19. The van der Waals surface area contributed by atoms with Crippen LogP contribution in [-0.2, 0) is 4.79 Å². The number of amides is 1. The number of carbonyl (C=O) groups is 1. The van der Waals surface area contributed by atoms with Gasteiger partial charge in [0.15, 0.2) is 0 Å². The fourth-order valence-corrected chi connectivity index (χ4v) is 2.66. The number of hydrogen-bond donors (Lipinski definition) is 1. The van der Waals surface area contributed by atoms with E-state index in [-0.39, 0.29) is 11.7 Å². The highest BCUT2D eigenvalue weighted by molar-refractivity contribution is 14.1. The summed E-state index contributed by atoms with van der Waals surface area (Å²) in [4.78, 5) is 13.8. The normalized spacial score (nSPS) is 19.6. The maximum Gasteiger partial charge on any atom is 0.226 e. The highest BCUT2D eigenvalue weighted by Gasteiger charge is 2.32. The van der Waals surface area contributed by atoms with E-state index >= 15 is 0 Å². The molecule has 1 fully saturated rings. The molecule has 5 heteroatoms. The Kier molecular flexibility index (Phi) is 2.72. The lowest BCUT2D eigenvalue weighted by Crippen LogP contribution is -2.26. The number of nitrogens with one attached hydrogen (secondary N) is 1. The summed E-state index contributed by atoms with van der Waals surface area (Å²) in [5.74, 6) is -0.206. The Morgan fingerprint density at radius 1 is 1.41 bits per heavy atom. The molecule has 1 aromatic rings.